The van der Waals surface area contributed by atoms with Crippen molar-refractivity contribution >= 4 is 50.7 Å². The quantitative estimate of drug-likeness (QED) is 0.233. The van der Waals surface area contributed by atoms with E-state index < -0.39 is 23.7 Å². The van der Waals surface area contributed by atoms with Gasteiger partial charge in [0.25, 0.3) is 11.8 Å². The summed E-state index contributed by atoms with van der Waals surface area (Å²) in [7, 11) is 1.64. The second kappa shape index (κ2) is 10.3. The van der Waals surface area contributed by atoms with Gasteiger partial charge in [0.1, 0.15) is 33.5 Å². The summed E-state index contributed by atoms with van der Waals surface area (Å²) >= 11 is 6.60. The maximum absolute atomic E-state index is 13.7. The number of anilines is 1. The average Bonchev–Trinajstić information content (AvgIpc) is 3.60. The monoisotopic (exact) mass is 589 g/mol. The molecule has 9 nitrogen and oxygen atoms in total. The number of hydrogen-bond acceptors (Lipinski definition) is 7. The standard InChI is InChI=1S/C26H19ClF3N5O4S/c1-12-17(10-32-35(12)2)16-9-19(26(28,29)30)33-25-20(16)21(22(40-25)23(31)36)34-24(37)18-7-6-15(39-18)11-38-14-5-3-4-13(27)8-14/h3-10H,11H2,1-2H3,(H2,31,36)(H,34,37). The molecule has 0 fully saturated rings. The number of amides is 2. The number of aryl methyl sites for hydroxylation is 1. The molecule has 3 N–H and O–H groups in total. The molecule has 0 aliphatic heterocycles. The number of ether oxygens (including phenoxy) is 1. The minimum atomic E-state index is -4.77. The number of halogens is 4. The highest BCUT2D eigenvalue weighted by Crippen LogP contribution is 2.44. The molecule has 40 heavy (non-hydrogen) atoms. The topological polar surface area (TPSA) is 125 Å². The molecule has 0 saturated heterocycles. The molecular weight excluding hydrogens is 571 g/mol. The summed E-state index contributed by atoms with van der Waals surface area (Å²) in [4.78, 5) is 28.9. The van der Waals surface area contributed by atoms with Crippen molar-refractivity contribution in [2.24, 2.45) is 12.8 Å². The molecule has 0 spiro atoms. The van der Waals surface area contributed by atoms with E-state index in [1.54, 1.807) is 38.2 Å². The van der Waals surface area contributed by atoms with Gasteiger partial charge in [0.2, 0.25) is 0 Å². The van der Waals surface area contributed by atoms with Gasteiger partial charge in [-0.2, -0.15) is 18.3 Å². The summed E-state index contributed by atoms with van der Waals surface area (Å²) in [6.07, 6.45) is -3.37. The molecule has 14 heteroatoms. The Morgan fingerprint density at radius 1 is 1.20 bits per heavy atom. The van der Waals surface area contributed by atoms with Crippen molar-refractivity contribution in [3.63, 3.8) is 0 Å². The van der Waals surface area contributed by atoms with E-state index in [1.165, 1.54) is 23.0 Å². The SMILES string of the molecule is Cc1c(-c2cc(C(F)(F)F)nc3sc(C(N)=O)c(NC(=O)c4ccc(COc5cccc(Cl)c5)o4)c23)cnn1C. The van der Waals surface area contributed by atoms with Gasteiger partial charge in [-0.05, 0) is 48.9 Å². The average molecular weight is 590 g/mol. The number of nitrogens with two attached hydrogens (primary N) is 1. The van der Waals surface area contributed by atoms with E-state index in [-0.39, 0.29) is 38.7 Å². The minimum absolute atomic E-state index is 0.00386. The third kappa shape index (κ3) is 5.25. The first-order valence-electron chi connectivity index (χ1n) is 11.5. The first kappa shape index (κ1) is 27.2. The number of pyridine rings is 1. The van der Waals surface area contributed by atoms with Crippen molar-refractivity contribution in [1.82, 2.24) is 14.8 Å². The van der Waals surface area contributed by atoms with Gasteiger partial charge in [0, 0.05) is 28.7 Å². The Balaban J connectivity index is 1.53. The predicted octanol–water partition coefficient (Wildman–Crippen LogP) is 6.20. The van der Waals surface area contributed by atoms with E-state index in [4.69, 9.17) is 26.5 Å². The molecule has 0 atom stereocenters. The molecule has 0 radical (unpaired) electrons. The number of primary amides is 1. The second-order valence-corrected chi connectivity index (χ2v) is 10.1. The number of fused-ring (bicyclic) bond motifs is 1. The smallest absolute Gasteiger partial charge is 0.433 e. The zero-order valence-electron chi connectivity index (χ0n) is 20.8. The summed E-state index contributed by atoms with van der Waals surface area (Å²) in [6.45, 7) is 1.67. The number of benzene rings is 1. The first-order chi connectivity index (χ1) is 18.9. The van der Waals surface area contributed by atoms with Crippen molar-refractivity contribution in [3.8, 4) is 16.9 Å². The van der Waals surface area contributed by atoms with Crippen LogP contribution in [0, 0.1) is 6.92 Å². The number of aromatic nitrogens is 3. The number of carbonyl (C=O) groups is 2. The molecule has 0 aliphatic carbocycles. The lowest BCUT2D eigenvalue weighted by Gasteiger charge is -2.12. The Morgan fingerprint density at radius 2 is 1.98 bits per heavy atom. The number of carbonyl (C=O) groups excluding carboxylic acids is 2. The van der Waals surface area contributed by atoms with E-state index in [0.717, 1.165) is 6.07 Å². The first-order valence-corrected chi connectivity index (χ1v) is 12.7. The van der Waals surface area contributed by atoms with Gasteiger partial charge in [-0.1, -0.05) is 17.7 Å². The Morgan fingerprint density at radius 3 is 2.62 bits per heavy atom. The number of alkyl halides is 3. The van der Waals surface area contributed by atoms with Crippen LogP contribution in [-0.4, -0.2) is 26.6 Å². The van der Waals surface area contributed by atoms with Crippen LogP contribution in [0.2, 0.25) is 5.02 Å². The number of rotatable bonds is 7. The van der Waals surface area contributed by atoms with Crippen LogP contribution in [-0.2, 0) is 19.8 Å². The lowest BCUT2D eigenvalue weighted by Crippen LogP contribution is -2.16. The van der Waals surface area contributed by atoms with Gasteiger partial charge in [0.05, 0.1) is 11.9 Å². The lowest BCUT2D eigenvalue weighted by atomic mass is 10.0. The zero-order valence-corrected chi connectivity index (χ0v) is 22.4. The summed E-state index contributed by atoms with van der Waals surface area (Å²) in [5.74, 6) is -1.02. The molecule has 0 saturated carbocycles. The van der Waals surface area contributed by atoms with Crippen molar-refractivity contribution in [1.29, 1.82) is 0 Å². The fourth-order valence-corrected chi connectivity index (χ4v) is 5.16. The molecule has 1 aromatic carbocycles. The van der Waals surface area contributed by atoms with Crippen molar-refractivity contribution in [2.45, 2.75) is 19.7 Å². The van der Waals surface area contributed by atoms with E-state index in [1.807, 2.05) is 0 Å². The number of hydrogen-bond donors (Lipinski definition) is 2. The Labute approximate surface area is 233 Å². The van der Waals surface area contributed by atoms with E-state index in [2.05, 4.69) is 15.4 Å². The summed E-state index contributed by atoms with van der Waals surface area (Å²) in [5, 5.41) is 7.32. The van der Waals surface area contributed by atoms with Gasteiger partial charge in [-0.3, -0.25) is 14.3 Å². The Bertz CT molecular complexity index is 1780. The third-order valence-electron chi connectivity index (χ3n) is 6.00. The van der Waals surface area contributed by atoms with Crippen molar-refractivity contribution < 1.29 is 31.9 Å². The summed E-state index contributed by atoms with van der Waals surface area (Å²) in [5.41, 5.74) is 5.31. The molecule has 4 heterocycles. The molecule has 206 valence electrons. The summed E-state index contributed by atoms with van der Waals surface area (Å²) in [6, 6.07) is 10.5. The normalized spacial score (nSPS) is 11.7. The minimum Gasteiger partial charge on any atom is -0.486 e. The van der Waals surface area contributed by atoms with Crippen molar-refractivity contribution in [3.05, 3.63) is 81.5 Å². The number of furan rings is 1. The van der Waals surface area contributed by atoms with Crippen LogP contribution in [0.3, 0.4) is 0 Å². The highest BCUT2D eigenvalue weighted by molar-refractivity contribution is 7.21. The second-order valence-electron chi connectivity index (χ2n) is 8.64. The molecular formula is C26H19ClF3N5O4S. The third-order valence-corrected chi connectivity index (χ3v) is 7.34. The molecule has 0 bridgehead atoms. The fourth-order valence-electron chi connectivity index (χ4n) is 3.98. The lowest BCUT2D eigenvalue weighted by molar-refractivity contribution is -0.140. The predicted molar refractivity (Wildman–Crippen MR) is 143 cm³/mol. The Hall–Kier alpha value is -4.36. The van der Waals surface area contributed by atoms with Gasteiger partial charge < -0.3 is 20.2 Å². The molecule has 5 aromatic rings. The van der Waals surface area contributed by atoms with Crippen LogP contribution in [0.1, 0.15) is 37.4 Å². The highest BCUT2D eigenvalue weighted by atomic mass is 35.5. The molecule has 0 unspecified atom stereocenters. The number of thiophene rings is 1. The Kier molecular flexibility index (Phi) is 7.02. The maximum atomic E-state index is 13.7. The maximum Gasteiger partial charge on any atom is 0.433 e. The largest absolute Gasteiger partial charge is 0.486 e. The molecule has 2 amide bonds. The summed E-state index contributed by atoms with van der Waals surface area (Å²) < 4.78 is 53.9. The van der Waals surface area contributed by atoms with Gasteiger partial charge in [0.15, 0.2) is 5.76 Å². The van der Waals surface area contributed by atoms with Crippen LogP contribution < -0.4 is 15.8 Å². The van der Waals surface area contributed by atoms with Crippen LogP contribution >= 0.6 is 22.9 Å². The highest BCUT2D eigenvalue weighted by Gasteiger charge is 2.35. The fraction of sp³-hybridized carbons (Fsp3) is 0.154. The molecule has 5 rings (SSSR count). The van der Waals surface area contributed by atoms with Crippen LogP contribution in [0.25, 0.3) is 21.3 Å². The van der Waals surface area contributed by atoms with E-state index >= 15 is 0 Å². The van der Waals surface area contributed by atoms with Gasteiger partial charge in [-0.15, -0.1) is 11.3 Å². The van der Waals surface area contributed by atoms with E-state index in [9.17, 15) is 22.8 Å². The van der Waals surface area contributed by atoms with Crippen LogP contribution in [0.5, 0.6) is 5.75 Å². The van der Waals surface area contributed by atoms with Gasteiger partial charge in [-0.25, -0.2) is 4.98 Å². The van der Waals surface area contributed by atoms with Crippen molar-refractivity contribution in [2.75, 3.05) is 5.32 Å². The number of nitrogens with one attached hydrogen (secondary N) is 1. The molecule has 4 aromatic heterocycles. The van der Waals surface area contributed by atoms with Gasteiger partial charge >= 0.3 is 6.18 Å². The number of nitrogens with zero attached hydrogens (tertiary/aromatic N) is 3. The zero-order chi connectivity index (χ0) is 28.8. The van der Waals surface area contributed by atoms with Crippen LogP contribution in [0.15, 0.2) is 53.1 Å². The van der Waals surface area contributed by atoms with E-state index in [0.29, 0.717) is 39.1 Å². The molecule has 0 aliphatic rings. The van der Waals surface area contributed by atoms with Crippen LogP contribution in [0.4, 0.5) is 18.9 Å².